The number of nitrogen functional groups attached to an aromatic ring is 1. The van der Waals surface area contributed by atoms with Crippen molar-refractivity contribution in [3.63, 3.8) is 0 Å². The van der Waals surface area contributed by atoms with E-state index in [0.717, 1.165) is 25.0 Å². The van der Waals surface area contributed by atoms with Gasteiger partial charge in [-0.2, -0.15) is 0 Å². The smallest absolute Gasteiger partial charge is 0.158 e. The second-order valence-corrected chi connectivity index (χ2v) is 5.04. The standard InChI is InChI=1S/C15H21NO3/c1-18-9-12(17)6-5-10-3-4-11-7-15(19-2)14(16)8-13(10)11/h7-8,10H,3-6,9,16H2,1-2H3. The molecule has 0 radical (unpaired) electrons. The van der Waals surface area contributed by atoms with Crippen LogP contribution in [-0.4, -0.2) is 26.6 Å². The van der Waals surface area contributed by atoms with Gasteiger partial charge in [0.05, 0.1) is 12.8 Å². The highest BCUT2D eigenvalue weighted by atomic mass is 16.5. The summed E-state index contributed by atoms with van der Waals surface area (Å²) in [5.41, 5.74) is 9.22. The Balaban J connectivity index is 2.05. The summed E-state index contributed by atoms with van der Waals surface area (Å²) in [5.74, 6) is 1.34. The number of carbonyl (C=O) groups is 1. The maximum atomic E-state index is 11.5. The average molecular weight is 263 g/mol. The molecule has 0 spiro atoms. The zero-order chi connectivity index (χ0) is 13.8. The van der Waals surface area contributed by atoms with E-state index in [4.69, 9.17) is 15.2 Å². The fourth-order valence-electron chi connectivity index (χ4n) is 2.78. The van der Waals surface area contributed by atoms with Gasteiger partial charge in [0.2, 0.25) is 0 Å². The van der Waals surface area contributed by atoms with Crippen LogP contribution in [0.3, 0.4) is 0 Å². The predicted octanol–water partition coefficient (Wildman–Crippen LogP) is 2.30. The number of fused-ring (bicyclic) bond motifs is 1. The molecule has 19 heavy (non-hydrogen) atoms. The summed E-state index contributed by atoms with van der Waals surface area (Å²) in [6.45, 7) is 0.213. The number of hydrogen-bond acceptors (Lipinski definition) is 4. The molecule has 2 rings (SSSR count). The Labute approximate surface area is 113 Å². The normalized spacial score (nSPS) is 17.3. The summed E-state index contributed by atoms with van der Waals surface area (Å²) < 4.78 is 10.1. The lowest BCUT2D eigenvalue weighted by Crippen LogP contribution is -2.08. The number of anilines is 1. The number of benzene rings is 1. The first-order valence-corrected chi connectivity index (χ1v) is 6.62. The summed E-state index contributed by atoms with van der Waals surface area (Å²) in [5, 5.41) is 0. The number of rotatable bonds is 6. The molecule has 0 saturated heterocycles. The molecule has 1 aromatic carbocycles. The third kappa shape index (κ3) is 3.07. The topological polar surface area (TPSA) is 61.5 Å². The molecule has 0 fully saturated rings. The molecule has 0 saturated carbocycles. The Hall–Kier alpha value is -1.55. The predicted molar refractivity (Wildman–Crippen MR) is 74.6 cm³/mol. The summed E-state index contributed by atoms with van der Waals surface area (Å²) in [4.78, 5) is 11.5. The first-order chi connectivity index (χ1) is 9.15. The molecule has 0 aliphatic heterocycles. The van der Waals surface area contributed by atoms with Crippen LogP contribution in [0.5, 0.6) is 5.75 Å². The lowest BCUT2D eigenvalue weighted by atomic mass is 9.94. The average Bonchev–Trinajstić information content (AvgIpc) is 2.78. The maximum Gasteiger partial charge on any atom is 0.158 e. The highest BCUT2D eigenvalue weighted by Crippen LogP contribution is 2.40. The van der Waals surface area contributed by atoms with Gasteiger partial charge in [-0.05, 0) is 48.4 Å². The molecule has 104 valence electrons. The number of carbonyl (C=O) groups excluding carboxylic acids is 1. The highest BCUT2D eigenvalue weighted by molar-refractivity contribution is 5.79. The lowest BCUT2D eigenvalue weighted by Gasteiger charge is -2.13. The number of nitrogens with two attached hydrogens (primary N) is 1. The van der Waals surface area contributed by atoms with E-state index < -0.39 is 0 Å². The Morgan fingerprint density at radius 3 is 2.89 bits per heavy atom. The number of methoxy groups -OCH3 is 2. The van der Waals surface area contributed by atoms with Gasteiger partial charge in [0, 0.05) is 13.5 Å². The van der Waals surface area contributed by atoms with E-state index in [1.54, 1.807) is 14.2 Å². The number of ketones is 1. The van der Waals surface area contributed by atoms with E-state index >= 15 is 0 Å². The molecule has 2 N–H and O–H groups in total. The second-order valence-electron chi connectivity index (χ2n) is 5.04. The van der Waals surface area contributed by atoms with Crippen molar-refractivity contribution in [1.29, 1.82) is 0 Å². The fraction of sp³-hybridized carbons (Fsp3) is 0.533. The van der Waals surface area contributed by atoms with Crippen molar-refractivity contribution in [3.8, 4) is 5.75 Å². The zero-order valence-electron chi connectivity index (χ0n) is 11.6. The van der Waals surface area contributed by atoms with E-state index in [2.05, 4.69) is 0 Å². The van der Waals surface area contributed by atoms with Gasteiger partial charge in [-0.15, -0.1) is 0 Å². The monoisotopic (exact) mass is 263 g/mol. The van der Waals surface area contributed by atoms with Crippen molar-refractivity contribution in [2.75, 3.05) is 26.6 Å². The molecule has 1 atom stereocenters. The van der Waals surface area contributed by atoms with Gasteiger partial charge in [-0.1, -0.05) is 0 Å². The second kappa shape index (κ2) is 6.06. The molecule has 0 amide bonds. The van der Waals surface area contributed by atoms with Gasteiger partial charge < -0.3 is 15.2 Å². The Kier molecular flexibility index (Phi) is 4.43. The minimum absolute atomic E-state index is 0.164. The van der Waals surface area contributed by atoms with Crippen LogP contribution < -0.4 is 10.5 Å². The Morgan fingerprint density at radius 2 is 2.21 bits per heavy atom. The fourth-order valence-corrected chi connectivity index (χ4v) is 2.78. The molecule has 0 heterocycles. The lowest BCUT2D eigenvalue weighted by molar-refractivity contribution is -0.122. The van der Waals surface area contributed by atoms with Crippen LogP contribution in [-0.2, 0) is 16.0 Å². The number of hydrogen-bond donors (Lipinski definition) is 1. The maximum absolute atomic E-state index is 11.5. The van der Waals surface area contributed by atoms with Crippen molar-refractivity contribution in [1.82, 2.24) is 0 Å². The minimum Gasteiger partial charge on any atom is -0.495 e. The molecule has 4 nitrogen and oxygen atoms in total. The molecule has 1 unspecified atom stereocenters. The molecule has 4 heteroatoms. The zero-order valence-corrected chi connectivity index (χ0v) is 11.6. The first kappa shape index (κ1) is 13.9. The third-order valence-electron chi connectivity index (χ3n) is 3.77. The van der Waals surface area contributed by atoms with Gasteiger partial charge in [0.1, 0.15) is 12.4 Å². The molecule has 1 aromatic rings. The van der Waals surface area contributed by atoms with Gasteiger partial charge >= 0.3 is 0 Å². The van der Waals surface area contributed by atoms with Gasteiger partial charge in [-0.25, -0.2) is 0 Å². The summed E-state index contributed by atoms with van der Waals surface area (Å²) in [6, 6.07) is 4.04. The molecule has 0 bridgehead atoms. The Morgan fingerprint density at radius 1 is 1.42 bits per heavy atom. The van der Waals surface area contributed by atoms with Crippen LogP contribution in [0, 0.1) is 0 Å². The van der Waals surface area contributed by atoms with Crippen molar-refractivity contribution < 1.29 is 14.3 Å². The number of ether oxygens (including phenoxy) is 2. The van der Waals surface area contributed by atoms with Crippen molar-refractivity contribution in [2.24, 2.45) is 0 Å². The van der Waals surface area contributed by atoms with Crippen LogP contribution in [0.2, 0.25) is 0 Å². The molecular weight excluding hydrogens is 242 g/mol. The van der Waals surface area contributed by atoms with Crippen LogP contribution in [0.15, 0.2) is 12.1 Å². The van der Waals surface area contributed by atoms with Crippen molar-refractivity contribution in [3.05, 3.63) is 23.3 Å². The number of aryl methyl sites for hydroxylation is 1. The summed E-state index contributed by atoms with van der Waals surface area (Å²) in [7, 11) is 3.18. The van der Waals surface area contributed by atoms with Gasteiger partial charge in [-0.3, -0.25) is 4.79 Å². The molecule has 1 aliphatic rings. The van der Waals surface area contributed by atoms with Crippen LogP contribution in [0.1, 0.15) is 36.3 Å². The quantitative estimate of drug-likeness (QED) is 0.800. The van der Waals surface area contributed by atoms with Gasteiger partial charge in [0.15, 0.2) is 5.78 Å². The summed E-state index contributed by atoms with van der Waals surface area (Å²) in [6.07, 6.45) is 3.57. The van der Waals surface area contributed by atoms with Crippen LogP contribution in [0.25, 0.3) is 0 Å². The third-order valence-corrected chi connectivity index (χ3v) is 3.77. The van der Waals surface area contributed by atoms with Crippen LogP contribution in [0.4, 0.5) is 5.69 Å². The largest absolute Gasteiger partial charge is 0.495 e. The van der Waals surface area contributed by atoms with E-state index in [1.165, 1.54) is 11.1 Å². The summed E-state index contributed by atoms with van der Waals surface area (Å²) >= 11 is 0. The van der Waals surface area contributed by atoms with Gasteiger partial charge in [0.25, 0.3) is 0 Å². The SMILES string of the molecule is COCC(=O)CCC1CCc2cc(OC)c(N)cc21. The van der Waals surface area contributed by atoms with Crippen LogP contribution >= 0.6 is 0 Å². The first-order valence-electron chi connectivity index (χ1n) is 6.62. The molecule has 0 aromatic heterocycles. The van der Waals surface area contributed by atoms with E-state index in [1.807, 2.05) is 12.1 Å². The van der Waals surface area contributed by atoms with E-state index in [0.29, 0.717) is 18.0 Å². The molecule has 1 aliphatic carbocycles. The van der Waals surface area contributed by atoms with E-state index in [-0.39, 0.29) is 12.4 Å². The Bertz CT molecular complexity index is 471. The van der Waals surface area contributed by atoms with Crippen molar-refractivity contribution in [2.45, 2.75) is 31.6 Å². The molecular formula is C15H21NO3. The van der Waals surface area contributed by atoms with Crippen molar-refractivity contribution >= 4 is 11.5 Å². The highest BCUT2D eigenvalue weighted by Gasteiger charge is 2.24. The number of Topliss-reactive ketones (excluding diaryl/α,β-unsaturated/α-hetero) is 1. The van der Waals surface area contributed by atoms with E-state index in [9.17, 15) is 4.79 Å². The minimum atomic E-state index is 0.164.